The molecule has 0 radical (unpaired) electrons. The lowest BCUT2D eigenvalue weighted by Crippen LogP contribution is -2.55. The van der Waals surface area contributed by atoms with Crippen LogP contribution in [0.3, 0.4) is 0 Å². The Labute approximate surface area is 171 Å². The number of fused-ring (bicyclic) bond motifs is 1. The fourth-order valence-corrected chi connectivity index (χ4v) is 4.55. The van der Waals surface area contributed by atoms with Crippen LogP contribution in [0.15, 0.2) is 36.7 Å². The maximum absolute atomic E-state index is 13.2. The molecule has 0 bridgehead atoms. The molecule has 7 heteroatoms. The molecule has 29 heavy (non-hydrogen) atoms. The zero-order valence-electron chi connectivity index (χ0n) is 17.1. The highest BCUT2D eigenvalue weighted by molar-refractivity contribution is 5.96. The summed E-state index contributed by atoms with van der Waals surface area (Å²) in [6.45, 7) is 6.47. The molecule has 2 aliphatic rings. The van der Waals surface area contributed by atoms with E-state index in [0.29, 0.717) is 18.7 Å². The first kappa shape index (κ1) is 19.9. The van der Waals surface area contributed by atoms with Gasteiger partial charge in [-0.2, -0.15) is 0 Å². The number of halogens is 1. The predicted octanol–water partition coefficient (Wildman–Crippen LogP) is 2.25. The van der Waals surface area contributed by atoms with Crippen LogP contribution in [0.5, 0.6) is 0 Å². The molecule has 2 aromatic rings. The van der Waals surface area contributed by atoms with Gasteiger partial charge in [-0.1, -0.05) is 6.92 Å². The third-order valence-electron chi connectivity index (χ3n) is 6.06. The summed E-state index contributed by atoms with van der Waals surface area (Å²) in [5.41, 5.74) is 2.35. The number of amides is 1. The lowest BCUT2D eigenvalue weighted by atomic mass is 10.0. The van der Waals surface area contributed by atoms with Gasteiger partial charge < -0.3 is 19.5 Å². The lowest BCUT2D eigenvalue weighted by Gasteiger charge is -2.42. The molecule has 2 atom stereocenters. The third kappa shape index (κ3) is 3.89. The van der Waals surface area contributed by atoms with Crippen LogP contribution in [0, 0.1) is 5.82 Å². The van der Waals surface area contributed by atoms with Crippen LogP contribution in [-0.4, -0.2) is 70.7 Å². The van der Waals surface area contributed by atoms with Crippen LogP contribution in [0.2, 0.25) is 0 Å². The molecule has 0 aliphatic carbocycles. The van der Waals surface area contributed by atoms with Crippen LogP contribution in [0.25, 0.3) is 0 Å². The first-order valence-corrected chi connectivity index (χ1v) is 10.4. The van der Waals surface area contributed by atoms with E-state index in [1.54, 1.807) is 0 Å². The molecule has 1 aromatic heterocycles. The Kier molecular flexibility index (Phi) is 5.61. The summed E-state index contributed by atoms with van der Waals surface area (Å²) in [5.74, 6) is -0.220. The maximum atomic E-state index is 13.2. The molecule has 1 aromatic carbocycles. The standard InChI is InChI=1S/C22H29FN4O2/c1-3-8-27-15-20(21(28)18-13-24(2)14-19(18)22(27)29)26-11-9-25(10-12-26)17-6-4-16(23)5-7-17/h4-7,13-14,20-21,28H,3,8-12,15H2,1-2H3. The third-order valence-corrected chi connectivity index (χ3v) is 6.06. The number of aryl methyl sites for hydroxylation is 1. The summed E-state index contributed by atoms with van der Waals surface area (Å²) in [6.07, 6.45) is 3.87. The molecule has 4 rings (SSSR count). The summed E-state index contributed by atoms with van der Waals surface area (Å²) in [4.78, 5) is 19.4. The molecule has 2 aliphatic heterocycles. The van der Waals surface area contributed by atoms with E-state index in [0.717, 1.165) is 43.9 Å². The first-order chi connectivity index (χ1) is 14.0. The SMILES string of the molecule is CCCN1CC(N2CCN(c3ccc(F)cc3)CC2)C(O)c2cn(C)cc2C1=O. The average Bonchev–Trinajstić information content (AvgIpc) is 3.09. The second-order valence-corrected chi connectivity index (χ2v) is 8.06. The van der Waals surface area contributed by atoms with Gasteiger partial charge in [0.15, 0.2) is 0 Å². The number of piperazine rings is 1. The molecule has 0 spiro atoms. The van der Waals surface area contributed by atoms with Gasteiger partial charge in [0, 0.05) is 70.0 Å². The predicted molar refractivity (Wildman–Crippen MR) is 111 cm³/mol. The number of nitrogens with zero attached hydrogens (tertiary/aromatic N) is 4. The number of aromatic nitrogens is 1. The van der Waals surface area contributed by atoms with E-state index in [2.05, 4.69) is 16.7 Å². The van der Waals surface area contributed by atoms with E-state index in [1.165, 1.54) is 12.1 Å². The van der Waals surface area contributed by atoms with Gasteiger partial charge >= 0.3 is 0 Å². The molecule has 1 N–H and O–H groups in total. The van der Waals surface area contributed by atoms with Gasteiger partial charge in [-0.25, -0.2) is 4.39 Å². The summed E-state index contributed by atoms with van der Waals surface area (Å²) >= 11 is 0. The second kappa shape index (κ2) is 8.16. The van der Waals surface area contributed by atoms with Crippen molar-refractivity contribution in [3.05, 3.63) is 53.6 Å². The molecule has 0 saturated carbocycles. The molecule has 1 amide bonds. The van der Waals surface area contributed by atoms with Crippen LogP contribution in [-0.2, 0) is 7.05 Å². The van der Waals surface area contributed by atoms with Crippen LogP contribution in [0.1, 0.15) is 35.4 Å². The quantitative estimate of drug-likeness (QED) is 0.855. The number of anilines is 1. The van der Waals surface area contributed by atoms with Crippen molar-refractivity contribution in [2.75, 3.05) is 44.2 Å². The number of hydrogen-bond donors (Lipinski definition) is 1. The Balaban J connectivity index is 1.53. The van der Waals surface area contributed by atoms with Gasteiger partial charge in [-0.15, -0.1) is 0 Å². The highest BCUT2D eigenvalue weighted by Gasteiger charge is 2.38. The van der Waals surface area contributed by atoms with E-state index in [4.69, 9.17) is 0 Å². The molecular formula is C22H29FN4O2. The minimum atomic E-state index is -0.700. The molecule has 2 unspecified atom stereocenters. The molecule has 3 heterocycles. The Morgan fingerprint density at radius 3 is 2.45 bits per heavy atom. The highest BCUT2D eigenvalue weighted by Crippen LogP contribution is 2.31. The number of aliphatic hydroxyl groups excluding tert-OH is 1. The number of hydrogen-bond acceptors (Lipinski definition) is 4. The number of carbonyl (C=O) groups excluding carboxylic acids is 1. The Morgan fingerprint density at radius 2 is 1.79 bits per heavy atom. The molecule has 1 saturated heterocycles. The lowest BCUT2D eigenvalue weighted by molar-refractivity contribution is 0.0276. The Bertz CT molecular complexity index is 858. The average molecular weight is 400 g/mol. The van der Waals surface area contributed by atoms with Crippen molar-refractivity contribution in [3.8, 4) is 0 Å². The Morgan fingerprint density at radius 1 is 1.10 bits per heavy atom. The smallest absolute Gasteiger partial charge is 0.255 e. The van der Waals surface area contributed by atoms with Crippen LogP contribution < -0.4 is 4.90 Å². The van der Waals surface area contributed by atoms with Crippen molar-refractivity contribution >= 4 is 11.6 Å². The first-order valence-electron chi connectivity index (χ1n) is 10.4. The van der Waals surface area contributed by atoms with Crippen molar-refractivity contribution in [2.24, 2.45) is 7.05 Å². The minimum absolute atomic E-state index is 0.00829. The molecule has 156 valence electrons. The van der Waals surface area contributed by atoms with E-state index >= 15 is 0 Å². The van der Waals surface area contributed by atoms with Gasteiger partial charge in [0.25, 0.3) is 5.91 Å². The number of benzene rings is 1. The summed E-state index contributed by atoms with van der Waals surface area (Å²) < 4.78 is 15.1. The topological polar surface area (TPSA) is 52.0 Å². The maximum Gasteiger partial charge on any atom is 0.255 e. The van der Waals surface area contributed by atoms with E-state index in [9.17, 15) is 14.3 Å². The molecule has 6 nitrogen and oxygen atoms in total. The fourth-order valence-electron chi connectivity index (χ4n) is 4.55. The summed E-state index contributed by atoms with van der Waals surface area (Å²) in [5, 5.41) is 11.2. The molecule has 1 fully saturated rings. The molecular weight excluding hydrogens is 371 g/mol. The van der Waals surface area contributed by atoms with E-state index in [-0.39, 0.29) is 17.8 Å². The van der Waals surface area contributed by atoms with Crippen molar-refractivity contribution in [3.63, 3.8) is 0 Å². The van der Waals surface area contributed by atoms with Gasteiger partial charge in [-0.3, -0.25) is 9.69 Å². The van der Waals surface area contributed by atoms with Gasteiger partial charge in [0.2, 0.25) is 0 Å². The minimum Gasteiger partial charge on any atom is -0.387 e. The van der Waals surface area contributed by atoms with Crippen LogP contribution in [0.4, 0.5) is 10.1 Å². The normalized spacial score (nSPS) is 23.2. The van der Waals surface area contributed by atoms with Crippen molar-refractivity contribution in [1.29, 1.82) is 0 Å². The number of aliphatic hydroxyl groups is 1. The number of rotatable bonds is 4. The van der Waals surface area contributed by atoms with E-state index < -0.39 is 6.10 Å². The Hall–Kier alpha value is -2.38. The van der Waals surface area contributed by atoms with Gasteiger partial charge in [0.05, 0.1) is 17.7 Å². The zero-order chi connectivity index (χ0) is 20.5. The highest BCUT2D eigenvalue weighted by atomic mass is 19.1. The fraction of sp³-hybridized carbons (Fsp3) is 0.500. The zero-order valence-corrected chi connectivity index (χ0v) is 17.1. The van der Waals surface area contributed by atoms with Crippen molar-refractivity contribution < 1.29 is 14.3 Å². The van der Waals surface area contributed by atoms with Crippen molar-refractivity contribution in [2.45, 2.75) is 25.5 Å². The summed E-state index contributed by atoms with van der Waals surface area (Å²) in [6, 6.07) is 6.46. The van der Waals surface area contributed by atoms with Gasteiger partial charge in [-0.05, 0) is 30.7 Å². The second-order valence-electron chi connectivity index (χ2n) is 8.06. The van der Waals surface area contributed by atoms with Crippen molar-refractivity contribution in [1.82, 2.24) is 14.4 Å². The number of carbonyl (C=O) groups is 1. The monoisotopic (exact) mass is 400 g/mol. The van der Waals surface area contributed by atoms with Gasteiger partial charge in [0.1, 0.15) is 5.82 Å². The summed E-state index contributed by atoms with van der Waals surface area (Å²) in [7, 11) is 1.88. The van der Waals surface area contributed by atoms with Crippen LogP contribution >= 0.6 is 0 Å². The largest absolute Gasteiger partial charge is 0.387 e. The van der Waals surface area contributed by atoms with E-state index in [1.807, 2.05) is 41.0 Å².